The number of carbonyl (C=O) groups is 2. The molecule has 2 atom stereocenters. The van der Waals surface area contributed by atoms with Gasteiger partial charge in [0, 0.05) is 20.5 Å². The van der Waals surface area contributed by atoms with Crippen LogP contribution < -0.4 is 0 Å². The molecule has 1 heterocycles. The standard InChI is InChI=1S/C15H26N2O4/c1-7-8-20-11-9-12(13(18)16(5)6)17(10-11)14(19)21-15(2,3)4/h7,11-12H,1,8-10H2,2-6H3/t11-,12+/m1/s1. The van der Waals surface area contributed by atoms with Crippen LogP contribution in [0.3, 0.4) is 0 Å². The van der Waals surface area contributed by atoms with E-state index in [-0.39, 0.29) is 12.0 Å². The molecule has 0 unspecified atom stereocenters. The maximum Gasteiger partial charge on any atom is 0.411 e. The van der Waals surface area contributed by atoms with Crippen molar-refractivity contribution in [3.05, 3.63) is 12.7 Å². The average molecular weight is 298 g/mol. The van der Waals surface area contributed by atoms with Crippen LogP contribution in [0, 0.1) is 0 Å². The zero-order chi connectivity index (χ0) is 16.2. The highest BCUT2D eigenvalue weighted by Gasteiger charge is 2.42. The highest BCUT2D eigenvalue weighted by atomic mass is 16.6. The molecule has 0 radical (unpaired) electrons. The van der Waals surface area contributed by atoms with E-state index in [0.717, 1.165) is 0 Å². The van der Waals surface area contributed by atoms with Crippen LogP contribution in [0.25, 0.3) is 0 Å². The molecule has 2 amide bonds. The zero-order valence-electron chi connectivity index (χ0n) is 13.6. The Morgan fingerprint density at radius 2 is 2.00 bits per heavy atom. The SMILES string of the molecule is C=CCO[C@@H]1C[C@@H](C(=O)N(C)C)N(C(=O)OC(C)(C)C)C1. The smallest absolute Gasteiger partial charge is 0.411 e. The normalized spacial score (nSPS) is 22.0. The Morgan fingerprint density at radius 3 is 2.48 bits per heavy atom. The number of likely N-dealkylation sites (tertiary alicyclic amines) is 1. The van der Waals surface area contributed by atoms with Crippen molar-refractivity contribution in [2.24, 2.45) is 0 Å². The first-order valence-corrected chi connectivity index (χ1v) is 7.09. The van der Waals surface area contributed by atoms with Crippen molar-refractivity contribution in [1.29, 1.82) is 0 Å². The van der Waals surface area contributed by atoms with Crippen LogP contribution in [0.5, 0.6) is 0 Å². The van der Waals surface area contributed by atoms with Crippen LogP contribution in [0.15, 0.2) is 12.7 Å². The molecule has 0 aliphatic carbocycles. The first-order chi connectivity index (χ1) is 9.65. The van der Waals surface area contributed by atoms with Crippen LogP contribution in [-0.4, -0.2) is 66.8 Å². The predicted molar refractivity (Wildman–Crippen MR) is 80.0 cm³/mol. The topological polar surface area (TPSA) is 59.1 Å². The Labute approximate surface area is 126 Å². The van der Waals surface area contributed by atoms with Gasteiger partial charge in [-0.2, -0.15) is 0 Å². The van der Waals surface area contributed by atoms with Crippen molar-refractivity contribution < 1.29 is 19.1 Å². The summed E-state index contributed by atoms with van der Waals surface area (Å²) in [5, 5.41) is 0. The lowest BCUT2D eigenvalue weighted by molar-refractivity contribution is -0.133. The third-order valence-corrected chi connectivity index (χ3v) is 3.07. The summed E-state index contributed by atoms with van der Waals surface area (Å²) in [5.74, 6) is -0.120. The molecule has 0 saturated carbocycles. The monoisotopic (exact) mass is 298 g/mol. The lowest BCUT2D eigenvalue weighted by Gasteiger charge is -2.29. The molecule has 6 heteroatoms. The lowest BCUT2D eigenvalue weighted by atomic mass is 10.2. The largest absolute Gasteiger partial charge is 0.444 e. The van der Waals surface area contributed by atoms with Gasteiger partial charge in [0.05, 0.1) is 19.3 Å². The molecular formula is C15H26N2O4. The Kier molecular flexibility index (Phi) is 5.78. The maximum absolute atomic E-state index is 12.3. The molecule has 120 valence electrons. The minimum Gasteiger partial charge on any atom is -0.444 e. The molecule has 1 aliphatic rings. The third-order valence-electron chi connectivity index (χ3n) is 3.07. The lowest BCUT2D eigenvalue weighted by Crippen LogP contribution is -2.47. The Bertz CT molecular complexity index is 401. The van der Waals surface area contributed by atoms with Crippen molar-refractivity contribution >= 4 is 12.0 Å². The molecule has 0 spiro atoms. The van der Waals surface area contributed by atoms with Crippen LogP contribution in [0.1, 0.15) is 27.2 Å². The summed E-state index contributed by atoms with van der Waals surface area (Å²) in [7, 11) is 3.35. The van der Waals surface area contributed by atoms with Crippen molar-refractivity contribution in [3.63, 3.8) is 0 Å². The molecule has 0 bridgehead atoms. The van der Waals surface area contributed by atoms with Crippen molar-refractivity contribution in [2.75, 3.05) is 27.2 Å². The van der Waals surface area contributed by atoms with Gasteiger partial charge in [-0.3, -0.25) is 9.69 Å². The van der Waals surface area contributed by atoms with Crippen LogP contribution >= 0.6 is 0 Å². The number of rotatable bonds is 4. The number of hydrogen-bond acceptors (Lipinski definition) is 4. The summed E-state index contributed by atoms with van der Waals surface area (Å²) in [5.41, 5.74) is -0.594. The van der Waals surface area contributed by atoms with Gasteiger partial charge in [-0.25, -0.2) is 4.79 Å². The fourth-order valence-corrected chi connectivity index (χ4v) is 2.18. The summed E-state index contributed by atoms with van der Waals surface area (Å²) in [4.78, 5) is 27.5. The highest BCUT2D eigenvalue weighted by Crippen LogP contribution is 2.24. The molecule has 21 heavy (non-hydrogen) atoms. The number of likely N-dealkylation sites (N-methyl/N-ethyl adjacent to an activating group) is 1. The summed E-state index contributed by atoms with van der Waals surface area (Å²) < 4.78 is 11.0. The summed E-state index contributed by atoms with van der Waals surface area (Å²) >= 11 is 0. The fourth-order valence-electron chi connectivity index (χ4n) is 2.18. The second kappa shape index (κ2) is 6.93. The first kappa shape index (κ1) is 17.5. The molecule has 1 aliphatic heterocycles. The van der Waals surface area contributed by atoms with Crippen LogP contribution in [0.4, 0.5) is 4.79 Å². The minimum absolute atomic E-state index is 0.120. The zero-order valence-corrected chi connectivity index (χ0v) is 13.6. The van der Waals surface area contributed by atoms with Crippen molar-refractivity contribution in [1.82, 2.24) is 9.80 Å². The summed E-state index contributed by atoms with van der Waals surface area (Å²) in [6.45, 7) is 9.76. The van der Waals surface area contributed by atoms with E-state index in [1.54, 1.807) is 40.9 Å². The van der Waals surface area contributed by atoms with Gasteiger partial charge >= 0.3 is 6.09 Å². The number of hydrogen-bond donors (Lipinski definition) is 0. The molecule has 0 aromatic rings. The molecule has 0 aromatic carbocycles. The summed E-state index contributed by atoms with van der Waals surface area (Å²) in [6.07, 6.45) is 1.47. The maximum atomic E-state index is 12.3. The Morgan fingerprint density at radius 1 is 1.38 bits per heavy atom. The van der Waals surface area contributed by atoms with Gasteiger partial charge in [0.15, 0.2) is 0 Å². The molecule has 1 saturated heterocycles. The van der Waals surface area contributed by atoms with Gasteiger partial charge in [0.1, 0.15) is 11.6 Å². The van der Waals surface area contributed by atoms with E-state index < -0.39 is 17.7 Å². The Balaban J connectivity index is 2.82. The molecule has 1 fully saturated rings. The third kappa shape index (κ3) is 5.04. The van der Waals surface area contributed by atoms with Crippen LogP contribution in [-0.2, 0) is 14.3 Å². The second-order valence-electron chi connectivity index (χ2n) is 6.36. The van der Waals surface area contributed by atoms with Gasteiger partial charge in [0.2, 0.25) is 5.91 Å². The van der Waals surface area contributed by atoms with Gasteiger partial charge in [-0.15, -0.1) is 6.58 Å². The van der Waals surface area contributed by atoms with Gasteiger partial charge in [-0.1, -0.05) is 6.08 Å². The summed E-state index contributed by atoms with van der Waals surface area (Å²) in [6, 6.07) is -0.537. The van der Waals surface area contributed by atoms with E-state index >= 15 is 0 Å². The Hall–Kier alpha value is -1.56. The van der Waals surface area contributed by atoms with Crippen molar-refractivity contribution in [3.8, 4) is 0 Å². The molecule has 0 aromatic heterocycles. The van der Waals surface area contributed by atoms with E-state index in [4.69, 9.17) is 9.47 Å². The van der Waals surface area contributed by atoms with E-state index in [1.165, 1.54) is 9.80 Å². The highest BCUT2D eigenvalue weighted by molar-refractivity contribution is 5.86. The van der Waals surface area contributed by atoms with Gasteiger partial charge < -0.3 is 14.4 Å². The minimum atomic E-state index is -0.594. The second-order valence-corrected chi connectivity index (χ2v) is 6.36. The average Bonchev–Trinajstić information content (AvgIpc) is 2.77. The molecular weight excluding hydrogens is 272 g/mol. The van der Waals surface area contributed by atoms with E-state index in [1.807, 2.05) is 0 Å². The van der Waals surface area contributed by atoms with E-state index in [2.05, 4.69) is 6.58 Å². The molecule has 1 rings (SSSR count). The molecule has 0 N–H and O–H groups in total. The van der Waals surface area contributed by atoms with E-state index in [0.29, 0.717) is 19.6 Å². The number of ether oxygens (including phenoxy) is 2. The number of carbonyl (C=O) groups excluding carboxylic acids is 2. The van der Waals surface area contributed by atoms with Crippen LogP contribution in [0.2, 0.25) is 0 Å². The van der Waals surface area contributed by atoms with Gasteiger partial charge in [-0.05, 0) is 20.8 Å². The number of nitrogens with zero attached hydrogens (tertiary/aromatic N) is 2. The predicted octanol–water partition coefficient (Wildman–Crippen LogP) is 1.66. The fraction of sp³-hybridized carbons (Fsp3) is 0.733. The quantitative estimate of drug-likeness (QED) is 0.741. The van der Waals surface area contributed by atoms with Crippen molar-refractivity contribution in [2.45, 2.75) is 44.9 Å². The van der Waals surface area contributed by atoms with E-state index in [9.17, 15) is 9.59 Å². The molecule has 6 nitrogen and oxygen atoms in total. The number of amides is 2. The first-order valence-electron chi connectivity index (χ1n) is 7.09. The van der Waals surface area contributed by atoms with Gasteiger partial charge in [0.25, 0.3) is 0 Å².